The summed E-state index contributed by atoms with van der Waals surface area (Å²) in [5.74, 6) is 1.07. The van der Waals surface area contributed by atoms with Crippen LogP contribution in [0.15, 0.2) is 30.5 Å². The Labute approximate surface area is 106 Å². The monoisotopic (exact) mass is 251 g/mol. The van der Waals surface area contributed by atoms with Crippen LogP contribution in [0.2, 0.25) is 0 Å². The average molecular weight is 251 g/mol. The molecule has 1 aromatic rings. The molecule has 0 heterocycles. The highest BCUT2D eigenvalue weighted by atomic mass is 16.5. The number of methoxy groups -OCH3 is 3. The van der Waals surface area contributed by atoms with E-state index in [1.54, 1.807) is 20.3 Å². The van der Waals surface area contributed by atoms with Crippen LogP contribution >= 0.6 is 0 Å². The van der Waals surface area contributed by atoms with Gasteiger partial charge in [-0.05, 0) is 12.1 Å². The van der Waals surface area contributed by atoms with E-state index in [1.807, 2.05) is 12.1 Å². The molecule has 0 fully saturated rings. The van der Waals surface area contributed by atoms with Gasteiger partial charge in [0.2, 0.25) is 0 Å². The van der Waals surface area contributed by atoms with Crippen molar-refractivity contribution in [2.24, 2.45) is 0 Å². The number of carbonyl (C=O) groups excluding carboxylic acids is 1. The number of nitrogens with one attached hydrogen (secondary N) is 1. The van der Waals surface area contributed by atoms with Gasteiger partial charge >= 0.3 is 5.97 Å². The maximum atomic E-state index is 10.8. The number of hydrogen-bond donors (Lipinski definition) is 1. The molecule has 0 amide bonds. The molecule has 0 bridgehead atoms. The Bertz CT molecular complexity index is 429. The lowest BCUT2D eigenvalue weighted by Crippen LogP contribution is -2.07. The lowest BCUT2D eigenvalue weighted by atomic mass is 10.2. The van der Waals surface area contributed by atoms with Gasteiger partial charge in [-0.1, -0.05) is 0 Å². The van der Waals surface area contributed by atoms with Crippen molar-refractivity contribution in [1.82, 2.24) is 5.32 Å². The molecule has 0 saturated carbocycles. The largest absolute Gasteiger partial charge is 0.497 e. The molecular formula is C13H17NO4. The Balaban J connectivity index is 2.61. The smallest absolute Gasteiger partial charge is 0.331 e. The van der Waals surface area contributed by atoms with Gasteiger partial charge in [-0.15, -0.1) is 0 Å². The van der Waals surface area contributed by atoms with Crippen LogP contribution < -0.4 is 14.8 Å². The molecule has 1 N–H and O–H groups in total. The second-order valence-electron chi connectivity index (χ2n) is 3.42. The van der Waals surface area contributed by atoms with Crippen LogP contribution in [0.25, 0.3) is 0 Å². The summed E-state index contributed by atoms with van der Waals surface area (Å²) in [4.78, 5) is 10.8. The van der Waals surface area contributed by atoms with Crippen LogP contribution in [0.3, 0.4) is 0 Å². The van der Waals surface area contributed by atoms with E-state index in [1.165, 1.54) is 19.4 Å². The van der Waals surface area contributed by atoms with Gasteiger partial charge in [0.15, 0.2) is 0 Å². The fourth-order valence-corrected chi connectivity index (χ4v) is 1.36. The highest BCUT2D eigenvalue weighted by Crippen LogP contribution is 2.24. The molecule has 0 spiro atoms. The zero-order valence-corrected chi connectivity index (χ0v) is 10.7. The van der Waals surface area contributed by atoms with E-state index in [0.29, 0.717) is 6.54 Å². The molecule has 0 aliphatic rings. The highest BCUT2D eigenvalue weighted by molar-refractivity contribution is 5.81. The van der Waals surface area contributed by atoms with E-state index in [9.17, 15) is 4.79 Å². The Kier molecular flexibility index (Phi) is 5.57. The first kappa shape index (κ1) is 13.9. The molecule has 0 aliphatic carbocycles. The molecule has 0 radical (unpaired) electrons. The second kappa shape index (κ2) is 7.21. The maximum Gasteiger partial charge on any atom is 0.331 e. The molecule has 5 nitrogen and oxygen atoms in total. The summed E-state index contributed by atoms with van der Waals surface area (Å²) in [5, 5.41) is 2.98. The standard InChI is InChI=1S/C13H17NO4/c1-16-11-5-4-10(12(8-11)17-2)9-14-7-6-13(15)18-3/h4-8,14H,9H2,1-3H3/b7-6+. The third kappa shape index (κ3) is 4.01. The number of ether oxygens (including phenoxy) is 3. The van der Waals surface area contributed by atoms with Crippen LogP contribution in [0, 0.1) is 0 Å². The average Bonchev–Trinajstić information content (AvgIpc) is 2.43. The summed E-state index contributed by atoms with van der Waals surface area (Å²) in [6, 6.07) is 5.56. The first-order valence-electron chi connectivity index (χ1n) is 5.40. The molecule has 1 aromatic carbocycles. The fourth-order valence-electron chi connectivity index (χ4n) is 1.36. The van der Waals surface area contributed by atoms with Crippen LogP contribution in [0.4, 0.5) is 0 Å². The van der Waals surface area contributed by atoms with Crippen molar-refractivity contribution < 1.29 is 19.0 Å². The lowest BCUT2D eigenvalue weighted by molar-refractivity contribution is -0.134. The normalized spacial score (nSPS) is 10.2. The number of carbonyl (C=O) groups is 1. The first-order chi connectivity index (χ1) is 8.71. The summed E-state index contributed by atoms with van der Waals surface area (Å²) >= 11 is 0. The zero-order chi connectivity index (χ0) is 13.4. The summed E-state index contributed by atoms with van der Waals surface area (Å²) in [6.07, 6.45) is 2.85. The van der Waals surface area contributed by atoms with Crippen LogP contribution in [-0.2, 0) is 16.1 Å². The van der Waals surface area contributed by atoms with E-state index < -0.39 is 5.97 Å². The molecule has 0 aliphatic heterocycles. The zero-order valence-electron chi connectivity index (χ0n) is 10.7. The summed E-state index contributed by atoms with van der Waals surface area (Å²) in [7, 11) is 4.54. The third-order valence-corrected chi connectivity index (χ3v) is 2.33. The van der Waals surface area contributed by atoms with Crippen molar-refractivity contribution in [2.75, 3.05) is 21.3 Å². The van der Waals surface area contributed by atoms with Crippen molar-refractivity contribution in [1.29, 1.82) is 0 Å². The van der Waals surface area contributed by atoms with Crippen molar-refractivity contribution in [2.45, 2.75) is 6.54 Å². The van der Waals surface area contributed by atoms with E-state index in [-0.39, 0.29) is 0 Å². The third-order valence-electron chi connectivity index (χ3n) is 2.33. The molecule has 0 atom stereocenters. The van der Waals surface area contributed by atoms with E-state index in [4.69, 9.17) is 9.47 Å². The van der Waals surface area contributed by atoms with E-state index in [0.717, 1.165) is 17.1 Å². The lowest BCUT2D eigenvalue weighted by Gasteiger charge is -2.10. The number of benzene rings is 1. The van der Waals surface area contributed by atoms with Crippen LogP contribution in [0.1, 0.15) is 5.56 Å². The van der Waals surface area contributed by atoms with Gasteiger partial charge in [-0.25, -0.2) is 4.79 Å². The second-order valence-corrected chi connectivity index (χ2v) is 3.42. The van der Waals surface area contributed by atoms with Crippen molar-refractivity contribution in [3.05, 3.63) is 36.0 Å². The molecule has 98 valence electrons. The predicted octanol–water partition coefficient (Wildman–Crippen LogP) is 1.48. The predicted molar refractivity (Wildman–Crippen MR) is 67.5 cm³/mol. The van der Waals surface area contributed by atoms with Gasteiger partial charge in [0.1, 0.15) is 11.5 Å². The van der Waals surface area contributed by atoms with Gasteiger partial charge in [-0.3, -0.25) is 0 Å². The van der Waals surface area contributed by atoms with Gasteiger partial charge in [0.25, 0.3) is 0 Å². The Morgan fingerprint density at radius 2 is 2.06 bits per heavy atom. The Hall–Kier alpha value is -2.17. The minimum atomic E-state index is -0.399. The number of rotatable bonds is 6. The van der Waals surface area contributed by atoms with Gasteiger partial charge in [-0.2, -0.15) is 0 Å². The van der Waals surface area contributed by atoms with Gasteiger partial charge in [0.05, 0.1) is 21.3 Å². The highest BCUT2D eigenvalue weighted by Gasteiger charge is 2.03. The Morgan fingerprint density at radius 3 is 2.67 bits per heavy atom. The van der Waals surface area contributed by atoms with Crippen LogP contribution in [0.5, 0.6) is 11.5 Å². The quantitative estimate of drug-likeness (QED) is 0.613. The summed E-state index contributed by atoms with van der Waals surface area (Å²) < 4.78 is 14.8. The molecule has 5 heteroatoms. The Morgan fingerprint density at radius 1 is 1.28 bits per heavy atom. The SMILES string of the molecule is COC(=O)/C=C/NCc1ccc(OC)cc1OC. The van der Waals surface area contributed by atoms with E-state index in [2.05, 4.69) is 10.1 Å². The molecule has 0 saturated heterocycles. The molecule has 18 heavy (non-hydrogen) atoms. The van der Waals surface area contributed by atoms with Gasteiger partial charge in [0, 0.05) is 30.5 Å². The topological polar surface area (TPSA) is 56.8 Å². The summed E-state index contributed by atoms with van der Waals surface area (Å²) in [5.41, 5.74) is 0.966. The fraction of sp³-hybridized carbons (Fsp3) is 0.308. The van der Waals surface area contributed by atoms with Gasteiger partial charge < -0.3 is 19.5 Å². The number of esters is 1. The first-order valence-corrected chi connectivity index (χ1v) is 5.40. The molecule has 0 aromatic heterocycles. The van der Waals surface area contributed by atoms with Crippen LogP contribution in [-0.4, -0.2) is 27.3 Å². The summed E-state index contributed by atoms with van der Waals surface area (Å²) in [6.45, 7) is 0.542. The number of hydrogen-bond acceptors (Lipinski definition) is 5. The minimum absolute atomic E-state index is 0.399. The van der Waals surface area contributed by atoms with Crippen molar-refractivity contribution >= 4 is 5.97 Å². The molecular weight excluding hydrogens is 234 g/mol. The van der Waals surface area contributed by atoms with E-state index >= 15 is 0 Å². The minimum Gasteiger partial charge on any atom is -0.497 e. The van der Waals surface area contributed by atoms with Crippen molar-refractivity contribution in [3.8, 4) is 11.5 Å². The van der Waals surface area contributed by atoms with Crippen molar-refractivity contribution in [3.63, 3.8) is 0 Å². The molecule has 1 rings (SSSR count). The molecule has 0 unspecified atom stereocenters. The maximum absolute atomic E-state index is 10.8.